The number of sulfonamides is 1. The Morgan fingerprint density at radius 2 is 1.88 bits per heavy atom. The van der Waals surface area contributed by atoms with E-state index in [-0.39, 0.29) is 36.4 Å². The topological polar surface area (TPSA) is 106 Å². The maximum absolute atomic E-state index is 13.1. The van der Waals surface area contributed by atoms with E-state index in [0.717, 1.165) is 16.8 Å². The van der Waals surface area contributed by atoms with Gasteiger partial charge in [0, 0.05) is 19.0 Å². The lowest BCUT2D eigenvalue weighted by Crippen LogP contribution is -2.41. The highest BCUT2D eigenvalue weighted by Crippen LogP contribution is 2.29. The van der Waals surface area contributed by atoms with Crippen LogP contribution in [0.5, 0.6) is 0 Å². The molecule has 1 aliphatic heterocycles. The zero-order chi connectivity index (χ0) is 23.6. The van der Waals surface area contributed by atoms with E-state index in [0.29, 0.717) is 29.1 Å². The van der Waals surface area contributed by atoms with E-state index < -0.39 is 21.8 Å². The molecule has 1 aromatic heterocycles. The molecule has 1 fully saturated rings. The van der Waals surface area contributed by atoms with Crippen molar-refractivity contribution in [2.24, 2.45) is 5.92 Å². The Bertz CT molecular complexity index is 1280. The van der Waals surface area contributed by atoms with Crippen LogP contribution >= 0.6 is 11.3 Å². The molecule has 0 bridgehead atoms. The summed E-state index contributed by atoms with van der Waals surface area (Å²) in [5.41, 5.74) is 1.07. The summed E-state index contributed by atoms with van der Waals surface area (Å²) in [6.45, 7) is 2.41. The number of aromatic nitrogens is 1. The van der Waals surface area contributed by atoms with Gasteiger partial charge in [-0.3, -0.25) is 4.79 Å². The third-order valence-corrected chi connectivity index (χ3v) is 8.25. The standard InChI is InChI=1S/C22H22FN3O5S2/c1-2-31-21(28)15-3-8-18-19(13-15)32-22(24-18)25-20(27)14-9-11-26(12-10-14)33(29,30)17-6-4-16(23)5-7-17/h3-8,13-14H,2,9-12H2,1H3,(H,24,25,27). The summed E-state index contributed by atoms with van der Waals surface area (Å²) < 4.78 is 45.7. The smallest absolute Gasteiger partial charge is 0.338 e. The lowest BCUT2D eigenvalue weighted by atomic mass is 9.97. The normalized spacial score (nSPS) is 15.5. The fraction of sp³-hybridized carbons (Fsp3) is 0.318. The summed E-state index contributed by atoms with van der Waals surface area (Å²) >= 11 is 1.25. The molecule has 0 spiro atoms. The van der Waals surface area contributed by atoms with Crippen molar-refractivity contribution < 1.29 is 27.1 Å². The summed E-state index contributed by atoms with van der Waals surface area (Å²) in [5, 5.41) is 3.22. The Morgan fingerprint density at radius 3 is 2.55 bits per heavy atom. The van der Waals surface area contributed by atoms with Crippen LogP contribution in [0, 0.1) is 11.7 Å². The number of piperidine rings is 1. The van der Waals surface area contributed by atoms with Gasteiger partial charge in [-0.1, -0.05) is 11.3 Å². The van der Waals surface area contributed by atoms with E-state index in [1.165, 1.54) is 27.8 Å². The van der Waals surface area contributed by atoms with E-state index in [1.807, 2.05) is 0 Å². The molecule has 1 N–H and O–H groups in total. The highest BCUT2D eigenvalue weighted by Gasteiger charge is 2.32. The molecular weight excluding hydrogens is 469 g/mol. The van der Waals surface area contributed by atoms with E-state index in [1.54, 1.807) is 25.1 Å². The minimum absolute atomic E-state index is 0.0310. The molecule has 0 atom stereocenters. The van der Waals surface area contributed by atoms with Crippen molar-refractivity contribution in [2.45, 2.75) is 24.7 Å². The Kier molecular flexibility index (Phi) is 6.73. The lowest BCUT2D eigenvalue weighted by Gasteiger charge is -2.30. The van der Waals surface area contributed by atoms with Crippen LogP contribution in [0.15, 0.2) is 47.4 Å². The molecular formula is C22H22FN3O5S2. The number of anilines is 1. The number of benzene rings is 2. The number of carbonyl (C=O) groups is 2. The molecule has 0 unspecified atom stereocenters. The Labute approximate surface area is 194 Å². The van der Waals surface area contributed by atoms with Gasteiger partial charge in [0.2, 0.25) is 15.9 Å². The van der Waals surface area contributed by atoms with Gasteiger partial charge < -0.3 is 10.1 Å². The van der Waals surface area contributed by atoms with Gasteiger partial charge in [0.1, 0.15) is 5.82 Å². The Balaban J connectivity index is 1.38. The van der Waals surface area contributed by atoms with Crippen LogP contribution in [0.4, 0.5) is 9.52 Å². The number of halogens is 1. The predicted octanol–water partition coefficient (Wildman–Crippen LogP) is 3.65. The van der Waals surface area contributed by atoms with Crippen molar-refractivity contribution in [1.82, 2.24) is 9.29 Å². The molecule has 174 valence electrons. The molecule has 11 heteroatoms. The molecule has 2 heterocycles. The number of nitrogens with one attached hydrogen (secondary N) is 1. The highest BCUT2D eigenvalue weighted by atomic mass is 32.2. The molecule has 0 radical (unpaired) electrons. The van der Waals surface area contributed by atoms with Crippen LogP contribution < -0.4 is 5.32 Å². The van der Waals surface area contributed by atoms with Gasteiger partial charge in [0.05, 0.1) is 27.3 Å². The van der Waals surface area contributed by atoms with Crippen LogP contribution in [0.3, 0.4) is 0 Å². The number of carbonyl (C=O) groups excluding carboxylic acids is 2. The zero-order valence-corrected chi connectivity index (χ0v) is 19.4. The molecule has 0 saturated carbocycles. The maximum Gasteiger partial charge on any atom is 0.338 e. The minimum atomic E-state index is -3.73. The van der Waals surface area contributed by atoms with Gasteiger partial charge in [-0.15, -0.1) is 0 Å². The van der Waals surface area contributed by atoms with Crippen LogP contribution in [0.1, 0.15) is 30.1 Å². The number of esters is 1. The zero-order valence-electron chi connectivity index (χ0n) is 17.8. The number of hydrogen-bond acceptors (Lipinski definition) is 7. The van der Waals surface area contributed by atoms with Crippen molar-refractivity contribution in [3.8, 4) is 0 Å². The average molecular weight is 492 g/mol. The first-order valence-corrected chi connectivity index (χ1v) is 12.7. The number of nitrogens with zero attached hydrogens (tertiary/aromatic N) is 2. The van der Waals surface area contributed by atoms with Gasteiger partial charge in [-0.05, 0) is 62.2 Å². The third-order valence-electron chi connectivity index (χ3n) is 5.41. The maximum atomic E-state index is 13.1. The van der Waals surface area contributed by atoms with Crippen molar-refractivity contribution in [2.75, 3.05) is 25.0 Å². The number of amides is 1. The molecule has 1 amide bonds. The summed E-state index contributed by atoms with van der Waals surface area (Å²) in [5.74, 6) is -1.50. The molecule has 3 aromatic rings. The largest absolute Gasteiger partial charge is 0.462 e. The van der Waals surface area contributed by atoms with Gasteiger partial charge in [-0.25, -0.2) is 22.6 Å². The molecule has 33 heavy (non-hydrogen) atoms. The molecule has 1 saturated heterocycles. The quantitative estimate of drug-likeness (QED) is 0.528. The van der Waals surface area contributed by atoms with Crippen LogP contribution in [-0.2, 0) is 19.6 Å². The highest BCUT2D eigenvalue weighted by molar-refractivity contribution is 7.89. The number of thiazole rings is 1. The van der Waals surface area contributed by atoms with E-state index in [9.17, 15) is 22.4 Å². The summed E-state index contributed by atoms with van der Waals surface area (Å²) in [6, 6.07) is 9.71. The lowest BCUT2D eigenvalue weighted by molar-refractivity contribution is -0.120. The summed E-state index contributed by atoms with van der Waals surface area (Å²) in [7, 11) is -3.73. The summed E-state index contributed by atoms with van der Waals surface area (Å²) in [6.07, 6.45) is 0.730. The van der Waals surface area contributed by atoms with Crippen LogP contribution in [-0.4, -0.2) is 49.3 Å². The first-order chi connectivity index (χ1) is 15.8. The first kappa shape index (κ1) is 23.3. The number of hydrogen-bond donors (Lipinski definition) is 1. The second kappa shape index (κ2) is 9.54. The van der Waals surface area contributed by atoms with Crippen molar-refractivity contribution in [3.05, 3.63) is 53.8 Å². The second-order valence-electron chi connectivity index (χ2n) is 7.54. The first-order valence-electron chi connectivity index (χ1n) is 10.4. The number of rotatable bonds is 6. The molecule has 8 nitrogen and oxygen atoms in total. The van der Waals surface area contributed by atoms with E-state index in [2.05, 4.69) is 10.3 Å². The van der Waals surface area contributed by atoms with Crippen LogP contribution in [0.25, 0.3) is 10.2 Å². The minimum Gasteiger partial charge on any atom is -0.462 e. The van der Waals surface area contributed by atoms with E-state index in [4.69, 9.17) is 4.74 Å². The van der Waals surface area contributed by atoms with Crippen LogP contribution in [0.2, 0.25) is 0 Å². The molecule has 1 aliphatic rings. The monoisotopic (exact) mass is 491 g/mol. The van der Waals surface area contributed by atoms with Gasteiger partial charge in [0.25, 0.3) is 0 Å². The predicted molar refractivity (Wildman–Crippen MR) is 122 cm³/mol. The molecule has 4 rings (SSSR count). The summed E-state index contributed by atoms with van der Waals surface area (Å²) in [4.78, 5) is 29.1. The fourth-order valence-electron chi connectivity index (χ4n) is 3.64. The van der Waals surface area contributed by atoms with Crippen molar-refractivity contribution >= 4 is 48.6 Å². The van der Waals surface area contributed by atoms with Gasteiger partial charge >= 0.3 is 5.97 Å². The SMILES string of the molecule is CCOC(=O)c1ccc2nc(NC(=O)C3CCN(S(=O)(=O)c4ccc(F)cc4)CC3)sc2c1. The van der Waals surface area contributed by atoms with E-state index >= 15 is 0 Å². The average Bonchev–Trinajstić information content (AvgIpc) is 3.21. The molecule has 0 aliphatic carbocycles. The Morgan fingerprint density at radius 1 is 1.18 bits per heavy atom. The second-order valence-corrected chi connectivity index (χ2v) is 10.5. The van der Waals surface area contributed by atoms with Gasteiger partial charge in [0.15, 0.2) is 5.13 Å². The fourth-order valence-corrected chi connectivity index (χ4v) is 6.02. The molecule has 2 aromatic carbocycles. The van der Waals surface area contributed by atoms with Crippen molar-refractivity contribution in [1.29, 1.82) is 0 Å². The Hall–Kier alpha value is -2.89. The van der Waals surface area contributed by atoms with Gasteiger partial charge in [-0.2, -0.15) is 4.31 Å². The number of ether oxygens (including phenoxy) is 1. The van der Waals surface area contributed by atoms with Crippen molar-refractivity contribution in [3.63, 3.8) is 0 Å². The third kappa shape index (κ3) is 5.05. The number of fused-ring (bicyclic) bond motifs is 1.